The van der Waals surface area contributed by atoms with Gasteiger partial charge in [0, 0.05) is 56.9 Å². The molecule has 2 aromatic carbocycles. The fraction of sp³-hybridized carbons (Fsp3) is 0.407. The molecule has 6 nitrogen and oxygen atoms in total. The van der Waals surface area contributed by atoms with Crippen LogP contribution in [0.3, 0.4) is 0 Å². The number of carbonyl (C=O) groups is 1. The zero-order valence-electron chi connectivity index (χ0n) is 19.2. The summed E-state index contributed by atoms with van der Waals surface area (Å²) >= 11 is 0. The summed E-state index contributed by atoms with van der Waals surface area (Å²) in [6, 6.07) is 18.2. The van der Waals surface area contributed by atoms with Crippen molar-refractivity contribution in [2.75, 3.05) is 46.0 Å². The molecule has 1 saturated heterocycles. The van der Waals surface area contributed by atoms with Crippen LogP contribution in [-0.2, 0) is 16.1 Å². The second-order valence-corrected chi connectivity index (χ2v) is 8.41. The molecule has 1 fully saturated rings. The number of pyridine rings is 1. The maximum atomic E-state index is 13.1. The van der Waals surface area contributed by atoms with Gasteiger partial charge in [-0.1, -0.05) is 36.4 Å². The summed E-state index contributed by atoms with van der Waals surface area (Å²) in [6.07, 6.45) is 5.70. The van der Waals surface area contributed by atoms with Crippen molar-refractivity contribution in [3.05, 3.63) is 72.6 Å². The highest BCUT2D eigenvalue weighted by Gasteiger charge is 2.16. The van der Waals surface area contributed by atoms with E-state index in [1.54, 1.807) is 12.4 Å². The highest BCUT2D eigenvalue weighted by molar-refractivity contribution is 5.88. The molecule has 0 atom stereocenters. The highest BCUT2D eigenvalue weighted by atomic mass is 16.5. The molecule has 1 amide bonds. The van der Waals surface area contributed by atoms with Crippen molar-refractivity contribution in [1.82, 2.24) is 14.8 Å². The summed E-state index contributed by atoms with van der Waals surface area (Å²) in [5.41, 5.74) is 1.11. The van der Waals surface area contributed by atoms with Gasteiger partial charge in [-0.15, -0.1) is 0 Å². The predicted molar refractivity (Wildman–Crippen MR) is 130 cm³/mol. The molecule has 0 saturated carbocycles. The standard InChI is InChI=1S/C27H33N3O3/c31-27(10-4-19-33-26-9-3-7-24-6-1-2-8-25(24)26)30(22-23-11-13-28-14-12-23)16-5-15-29-17-20-32-21-18-29/h1-3,6-9,11-14H,4-5,10,15-22H2. The highest BCUT2D eigenvalue weighted by Crippen LogP contribution is 2.25. The monoisotopic (exact) mass is 447 g/mol. The molecular weight excluding hydrogens is 414 g/mol. The Hall–Kier alpha value is -2.96. The zero-order chi connectivity index (χ0) is 22.7. The first-order valence-electron chi connectivity index (χ1n) is 11.9. The second-order valence-electron chi connectivity index (χ2n) is 8.41. The van der Waals surface area contributed by atoms with Crippen LogP contribution in [0.2, 0.25) is 0 Å². The van der Waals surface area contributed by atoms with E-state index in [1.165, 1.54) is 0 Å². The maximum absolute atomic E-state index is 13.1. The number of fused-ring (bicyclic) bond motifs is 1. The normalized spacial score (nSPS) is 14.3. The fourth-order valence-electron chi connectivity index (χ4n) is 4.20. The van der Waals surface area contributed by atoms with E-state index in [0.717, 1.165) is 67.9 Å². The fourth-order valence-corrected chi connectivity index (χ4v) is 4.20. The number of morpholine rings is 1. The third kappa shape index (κ3) is 7.01. The third-order valence-electron chi connectivity index (χ3n) is 6.02. The van der Waals surface area contributed by atoms with Crippen molar-refractivity contribution >= 4 is 16.7 Å². The summed E-state index contributed by atoms with van der Waals surface area (Å²) < 4.78 is 11.5. The summed E-state index contributed by atoms with van der Waals surface area (Å²) in [7, 11) is 0. The van der Waals surface area contributed by atoms with Crippen LogP contribution in [0.15, 0.2) is 67.0 Å². The van der Waals surface area contributed by atoms with Gasteiger partial charge in [-0.05, 0) is 42.0 Å². The van der Waals surface area contributed by atoms with E-state index in [0.29, 0.717) is 26.0 Å². The van der Waals surface area contributed by atoms with Crippen LogP contribution >= 0.6 is 0 Å². The van der Waals surface area contributed by atoms with Crippen LogP contribution < -0.4 is 4.74 Å². The van der Waals surface area contributed by atoms with Crippen molar-refractivity contribution in [2.45, 2.75) is 25.8 Å². The molecule has 0 N–H and O–H groups in total. The average Bonchev–Trinajstić information content (AvgIpc) is 2.87. The predicted octanol–water partition coefficient (Wildman–Crippen LogP) is 4.14. The van der Waals surface area contributed by atoms with Crippen molar-refractivity contribution in [2.24, 2.45) is 0 Å². The molecule has 33 heavy (non-hydrogen) atoms. The lowest BCUT2D eigenvalue weighted by molar-refractivity contribution is -0.132. The summed E-state index contributed by atoms with van der Waals surface area (Å²) in [6.45, 7) is 6.45. The Bertz CT molecular complexity index is 1000. The van der Waals surface area contributed by atoms with Gasteiger partial charge in [0.05, 0.1) is 19.8 Å². The summed E-state index contributed by atoms with van der Waals surface area (Å²) in [5, 5.41) is 2.27. The Balaban J connectivity index is 1.28. The number of hydrogen-bond acceptors (Lipinski definition) is 5. The SMILES string of the molecule is O=C(CCCOc1cccc2ccccc12)N(CCCN1CCOCC1)Cc1ccncc1. The van der Waals surface area contributed by atoms with Crippen molar-refractivity contribution in [1.29, 1.82) is 0 Å². The molecule has 3 aromatic rings. The van der Waals surface area contributed by atoms with Crippen molar-refractivity contribution < 1.29 is 14.3 Å². The van der Waals surface area contributed by atoms with Gasteiger partial charge < -0.3 is 14.4 Å². The smallest absolute Gasteiger partial charge is 0.222 e. The zero-order valence-corrected chi connectivity index (χ0v) is 19.2. The Morgan fingerprint density at radius 1 is 1.00 bits per heavy atom. The quantitative estimate of drug-likeness (QED) is 0.414. The summed E-state index contributed by atoms with van der Waals surface area (Å²) in [4.78, 5) is 21.6. The molecule has 0 bridgehead atoms. The molecular formula is C27H33N3O3. The van der Waals surface area contributed by atoms with Gasteiger partial charge in [-0.2, -0.15) is 0 Å². The molecule has 0 radical (unpaired) electrons. The number of hydrogen-bond donors (Lipinski definition) is 0. The van der Waals surface area contributed by atoms with Crippen LogP contribution in [0.5, 0.6) is 5.75 Å². The van der Waals surface area contributed by atoms with E-state index in [4.69, 9.17) is 9.47 Å². The number of nitrogens with zero attached hydrogens (tertiary/aromatic N) is 3. The number of carbonyl (C=O) groups excluding carboxylic acids is 1. The van der Waals surface area contributed by atoms with E-state index in [-0.39, 0.29) is 5.91 Å². The van der Waals surface area contributed by atoms with E-state index in [2.05, 4.69) is 28.1 Å². The van der Waals surface area contributed by atoms with Gasteiger partial charge in [-0.25, -0.2) is 0 Å². The Morgan fingerprint density at radius 2 is 1.79 bits per heavy atom. The van der Waals surface area contributed by atoms with E-state index >= 15 is 0 Å². The molecule has 1 aliphatic heterocycles. The van der Waals surface area contributed by atoms with Crippen molar-refractivity contribution in [3.63, 3.8) is 0 Å². The first-order chi connectivity index (χ1) is 16.3. The molecule has 4 rings (SSSR count). The number of aromatic nitrogens is 1. The average molecular weight is 448 g/mol. The summed E-state index contributed by atoms with van der Waals surface area (Å²) in [5.74, 6) is 1.05. The molecule has 0 aliphatic carbocycles. The van der Waals surface area contributed by atoms with Crippen LogP contribution in [0.25, 0.3) is 10.8 Å². The van der Waals surface area contributed by atoms with Crippen LogP contribution in [0.4, 0.5) is 0 Å². The van der Waals surface area contributed by atoms with Gasteiger partial charge >= 0.3 is 0 Å². The van der Waals surface area contributed by atoms with E-state index in [9.17, 15) is 4.79 Å². The maximum Gasteiger partial charge on any atom is 0.222 e. The number of ether oxygens (including phenoxy) is 2. The number of amides is 1. The van der Waals surface area contributed by atoms with E-state index in [1.807, 2.05) is 41.3 Å². The molecule has 1 aromatic heterocycles. The molecule has 6 heteroatoms. The first-order valence-corrected chi connectivity index (χ1v) is 11.9. The molecule has 0 unspecified atom stereocenters. The topological polar surface area (TPSA) is 54.9 Å². The lowest BCUT2D eigenvalue weighted by Gasteiger charge is -2.28. The molecule has 1 aliphatic rings. The van der Waals surface area contributed by atoms with Gasteiger partial charge in [0.1, 0.15) is 5.75 Å². The Labute approximate surface area is 196 Å². The minimum absolute atomic E-state index is 0.176. The number of rotatable bonds is 11. The van der Waals surface area contributed by atoms with Crippen LogP contribution in [0, 0.1) is 0 Å². The first kappa shape index (κ1) is 23.2. The molecule has 174 valence electrons. The lowest BCUT2D eigenvalue weighted by atomic mass is 10.1. The van der Waals surface area contributed by atoms with E-state index < -0.39 is 0 Å². The van der Waals surface area contributed by atoms with Crippen LogP contribution in [0.1, 0.15) is 24.8 Å². The second kappa shape index (κ2) is 12.3. The molecule has 0 spiro atoms. The molecule has 2 heterocycles. The lowest BCUT2D eigenvalue weighted by Crippen LogP contribution is -2.39. The van der Waals surface area contributed by atoms with Gasteiger partial charge in [0.25, 0.3) is 0 Å². The number of benzene rings is 2. The van der Waals surface area contributed by atoms with Gasteiger partial charge in [0.15, 0.2) is 0 Å². The van der Waals surface area contributed by atoms with Crippen molar-refractivity contribution in [3.8, 4) is 5.75 Å². The Morgan fingerprint density at radius 3 is 2.64 bits per heavy atom. The van der Waals surface area contributed by atoms with Crippen LogP contribution in [-0.4, -0.2) is 66.7 Å². The minimum Gasteiger partial charge on any atom is -0.493 e. The van der Waals surface area contributed by atoms with Gasteiger partial charge in [0.2, 0.25) is 5.91 Å². The minimum atomic E-state index is 0.176. The largest absolute Gasteiger partial charge is 0.493 e. The third-order valence-corrected chi connectivity index (χ3v) is 6.02. The Kier molecular flexibility index (Phi) is 8.67. The van der Waals surface area contributed by atoms with Gasteiger partial charge in [-0.3, -0.25) is 14.7 Å².